The van der Waals surface area contributed by atoms with E-state index in [1.807, 2.05) is 6.07 Å². The van der Waals surface area contributed by atoms with E-state index in [-0.39, 0.29) is 28.5 Å². The van der Waals surface area contributed by atoms with E-state index in [0.717, 1.165) is 24.8 Å². The molecule has 0 bridgehead atoms. The molecule has 0 saturated carbocycles. The summed E-state index contributed by atoms with van der Waals surface area (Å²) in [5.41, 5.74) is 2.04. The van der Waals surface area contributed by atoms with Crippen molar-refractivity contribution in [2.75, 3.05) is 5.75 Å². The van der Waals surface area contributed by atoms with Gasteiger partial charge in [0.05, 0.1) is 15.5 Å². The topological polar surface area (TPSA) is 109 Å². The van der Waals surface area contributed by atoms with Gasteiger partial charge < -0.3 is 5.32 Å². The summed E-state index contributed by atoms with van der Waals surface area (Å²) in [5.74, 6) is -0.755. The molecule has 32 heavy (non-hydrogen) atoms. The van der Waals surface area contributed by atoms with Crippen LogP contribution in [0.25, 0.3) is 0 Å². The average molecular weight is 479 g/mol. The molecule has 1 aliphatic carbocycles. The fraction of sp³-hybridized carbons (Fsp3) is 0.435. The number of benzene rings is 2. The number of sulfonamides is 1. The van der Waals surface area contributed by atoms with Crippen LogP contribution in [-0.2, 0) is 44.0 Å². The number of amides is 1. The summed E-state index contributed by atoms with van der Waals surface area (Å²) in [6.07, 6.45) is 2.68. The van der Waals surface area contributed by atoms with E-state index in [1.54, 1.807) is 51.1 Å². The Morgan fingerprint density at radius 2 is 1.66 bits per heavy atom. The number of sulfone groups is 1. The maximum atomic E-state index is 12.7. The number of fused-ring (bicyclic) bond motifs is 1. The number of carbonyl (C=O) groups excluding carboxylic acids is 1. The van der Waals surface area contributed by atoms with Crippen LogP contribution in [0.1, 0.15) is 50.3 Å². The van der Waals surface area contributed by atoms with E-state index < -0.39 is 31.3 Å². The van der Waals surface area contributed by atoms with Crippen molar-refractivity contribution in [3.63, 3.8) is 0 Å². The van der Waals surface area contributed by atoms with Gasteiger partial charge in [-0.1, -0.05) is 24.3 Å². The Labute approximate surface area is 190 Å². The van der Waals surface area contributed by atoms with Crippen LogP contribution in [-0.4, -0.2) is 34.0 Å². The van der Waals surface area contributed by atoms with Crippen LogP contribution in [0.15, 0.2) is 52.3 Å². The standard InChI is InChI=1S/C23H30N2O5S2/c1-23(2,3)25-32(29,30)21-10-5-4-7-19(21)16-24-22(26)13-14-31(27,28)20-12-11-17-8-6-9-18(17)15-20/h4-5,7,10-12,15,25H,6,8-9,13-14,16H2,1-3H3,(H,24,26). The van der Waals surface area contributed by atoms with Crippen LogP contribution in [0.2, 0.25) is 0 Å². The summed E-state index contributed by atoms with van der Waals surface area (Å²) < 4.78 is 53.3. The van der Waals surface area contributed by atoms with Gasteiger partial charge in [-0.2, -0.15) is 0 Å². The third-order valence-corrected chi connectivity index (χ3v) is 8.78. The van der Waals surface area contributed by atoms with Crippen LogP contribution in [0.3, 0.4) is 0 Å². The van der Waals surface area contributed by atoms with Gasteiger partial charge in [0.2, 0.25) is 15.9 Å². The Morgan fingerprint density at radius 3 is 2.38 bits per heavy atom. The Balaban J connectivity index is 1.62. The molecule has 0 aliphatic heterocycles. The first-order valence-electron chi connectivity index (χ1n) is 10.6. The largest absolute Gasteiger partial charge is 0.352 e. The first-order valence-corrected chi connectivity index (χ1v) is 13.7. The van der Waals surface area contributed by atoms with Crippen molar-refractivity contribution < 1.29 is 21.6 Å². The molecule has 0 aromatic heterocycles. The molecule has 9 heteroatoms. The second-order valence-electron chi connectivity index (χ2n) is 9.09. The van der Waals surface area contributed by atoms with Gasteiger partial charge in [0.15, 0.2) is 9.84 Å². The normalized spacial score (nSPS) is 14.2. The maximum Gasteiger partial charge on any atom is 0.241 e. The van der Waals surface area contributed by atoms with E-state index in [0.29, 0.717) is 5.56 Å². The molecule has 1 aliphatic rings. The molecule has 3 rings (SSSR count). The van der Waals surface area contributed by atoms with Gasteiger partial charge in [-0.25, -0.2) is 21.6 Å². The molecule has 0 radical (unpaired) electrons. The molecule has 0 fully saturated rings. The number of carbonyl (C=O) groups is 1. The van der Waals surface area contributed by atoms with Crippen molar-refractivity contribution in [2.24, 2.45) is 0 Å². The molecular formula is C23H30N2O5S2. The fourth-order valence-electron chi connectivity index (χ4n) is 3.74. The molecule has 1 amide bonds. The highest BCUT2D eigenvalue weighted by molar-refractivity contribution is 7.91. The van der Waals surface area contributed by atoms with E-state index in [9.17, 15) is 21.6 Å². The van der Waals surface area contributed by atoms with E-state index >= 15 is 0 Å². The monoisotopic (exact) mass is 478 g/mol. The van der Waals surface area contributed by atoms with Crippen molar-refractivity contribution in [3.05, 3.63) is 59.2 Å². The van der Waals surface area contributed by atoms with Gasteiger partial charge in [-0.15, -0.1) is 0 Å². The zero-order valence-electron chi connectivity index (χ0n) is 18.6. The van der Waals surface area contributed by atoms with Crippen molar-refractivity contribution in [1.29, 1.82) is 0 Å². The fourth-order valence-corrected chi connectivity index (χ4v) is 6.69. The predicted octanol–water partition coefficient (Wildman–Crippen LogP) is 2.73. The Bertz CT molecular complexity index is 1210. The third kappa shape index (κ3) is 6.17. The Morgan fingerprint density at radius 1 is 0.969 bits per heavy atom. The summed E-state index contributed by atoms with van der Waals surface area (Å²) in [5, 5.41) is 2.64. The van der Waals surface area contributed by atoms with E-state index in [4.69, 9.17) is 0 Å². The van der Waals surface area contributed by atoms with Crippen LogP contribution < -0.4 is 10.0 Å². The second-order valence-corrected chi connectivity index (χ2v) is 12.9. The van der Waals surface area contributed by atoms with Gasteiger partial charge in [-0.05, 0) is 74.9 Å². The van der Waals surface area contributed by atoms with Gasteiger partial charge in [0.25, 0.3) is 0 Å². The summed E-state index contributed by atoms with van der Waals surface area (Å²) in [6.45, 7) is 5.22. The average Bonchev–Trinajstić information content (AvgIpc) is 3.17. The molecule has 2 aromatic rings. The lowest BCUT2D eigenvalue weighted by Gasteiger charge is -2.21. The Hall–Kier alpha value is -2.23. The predicted molar refractivity (Wildman–Crippen MR) is 124 cm³/mol. The highest BCUT2D eigenvalue weighted by Crippen LogP contribution is 2.25. The highest BCUT2D eigenvalue weighted by Gasteiger charge is 2.25. The third-order valence-electron chi connectivity index (χ3n) is 5.21. The number of hydrogen-bond acceptors (Lipinski definition) is 5. The van der Waals surface area contributed by atoms with Gasteiger partial charge in [-0.3, -0.25) is 4.79 Å². The quantitative estimate of drug-likeness (QED) is 0.606. The van der Waals surface area contributed by atoms with E-state index in [2.05, 4.69) is 10.0 Å². The molecule has 2 N–H and O–H groups in total. The summed E-state index contributed by atoms with van der Waals surface area (Å²) in [4.78, 5) is 12.7. The van der Waals surface area contributed by atoms with Crippen LogP contribution >= 0.6 is 0 Å². The molecule has 0 heterocycles. The SMILES string of the molecule is CC(C)(C)NS(=O)(=O)c1ccccc1CNC(=O)CCS(=O)(=O)c1ccc2c(c1)CCC2. The summed E-state index contributed by atoms with van der Waals surface area (Å²) in [7, 11) is -7.35. The van der Waals surface area contributed by atoms with Crippen molar-refractivity contribution in [2.45, 2.75) is 68.3 Å². The molecular weight excluding hydrogens is 448 g/mol. The lowest BCUT2D eigenvalue weighted by atomic mass is 10.1. The highest BCUT2D eigenvalue weighted by atomic mass is 32.2. The molecule has 0 saturated heterocycles. The summed E-state index contributed by atoms with van der Waals surface area (Å²) >= 11 is 0. The summed E-state index contributed by atoms with van der Waals surface area (Å²) in [6, 6.07) is 11.6. The molecule has 0 unspecified atom stereocenters. The molecule has 2 aromatic carbocycles. The van der Waals surface area contributed by atoms with Gasteiger partial charge >= 0.3 is 0 Å². The van der Waals surface area contributed by atoms with E-state index in [1.165, 1.54) is 11.6 Å². The van der Waals surface area contributed by atoms with Crippen LogP contribution in [0.4, 0.5) is 0 Å². The number of aryl methyl sites for hydroxylation is 2. The minimum atomic E-state index is -3.77. The maximum absolute atomic E-state index is 12.7. The number of rotatable bonds is 8. The van der Waals surface area contributed by atoms with Crippen molar-refractivity contribution in [3.8, 4) is 0 Å². The molecule has 0 spiro atoms. The van der Waals surface area contributed by atoms with Crippen LogP contribution in [0.5, 0.6) is 0 Å². The smallest absolute Gasteiger partial charge is 0.241 e. The lowest BCUT2D eigenvalue weighted by Crippen LogP contribution is -2.41. The minimum Gasteiger partial charge on any atom is -0.352 e. The molecule has 0 atom stereocenters. The van der Waals surface area contributed by atoms with Crippen molar-refractivity contribution in [1.82, 2.24) is 10.0 Å². The zero-order chi connectivity index (χ0) is 23.6. The van der Waals surface area contributed by atoms with Crippen LogP contribution in [0, 0.1) is 0 Å². The minimum absolute atomic E-state index is 0.0149. The first kappa shape index (κ1) is 24.4. The van der Waals surface area contributed by atoms with Crippen molar-refractivity contribution >= 4 is 25.8 Å². The lowest BCUT2D eigenvalue weighted by molar-refractivity contribution is -0.120. The number of hydrogen-bond donors (Lipinski definition) is 2. The van der Waals surface area contributed by atoms with Gasteiger partial charge in [0, 0.05) is 18.5 Å². The molecule has 7 nitrogen and oxygen atoms in total. The second kappa shape index (κ2) is 9.33. The first-order chi connectivity index (χ1) is 14.9. The molecule has 174 valence electrons. The number of nitrogens with one attached hydrogen (secondary N) is 2. The zero-order valence-corrected chi connectivity index (χ0v) is 20.3. The Kier molecular flexibility index (Phi) is 7.12. The van der Waals surface area contributed by atoms with Gasteiger partial charge in [0.1, 0.15) is 0 Å².